The van der Waals surface area contributed by atoms with E-state index in [1.54, 1.807) is 12.2 Å². The van der Waals surface area contributed by atoms with E-state index in [4.69, 9.17) is 0 Å². The Morgan fingerprint density at radius 3 is 2.35 bits per heavy atom. The van der Waals surface area contributed by atoms with Gasteiger partial charge in [0.25, 0.3) is 5.91 Å². The van der Waals surface area contributed by atoms with Crippen LogP contribution in [0.2, 0.25) is 0 Å². The first-order chi connectivity index (χ1) is 7.63. The lowest BCUT2D eigenvalue weighted by Gasteiger charge is -2.24. The Morgan fingerprint density at radius 1 is 1.47 bits per heavy atom. The second-order valence-electron chi connectivity index (χ2n) is 4.23. The Labute approximate surface area is 105 Å². The third-order valence-electron chi connectivity index (χ3n) is 2.60. The van der Waals surface area contributed by atoms with Crippen molar-refractivity contribution in [2.75, 3.05) is 11.9 Å². The summed E-state index contributed by atoms with van der Waals surface area (Å²) in [7, 11) is 0. The van der Waals surface area contributed by atoms with E-state index in [1.165, 1.54) is 0 Å². The van der Waals surface area contributed by atoms with Crippen molar-refractivity contribution in [1.82, 2.24) is 10.2 Å². The summed E-state index contributed by atoms with van der Waals surface area (Å²) in [5.41, 5.74) is -2.81. The Kier molecular flexibility index (Phi) is 3.75. The molecule has 0 spiro atoms. The smallest absolute Gasteiger partial charge is 0.316 e. The van der Waals surface area contributed by atoms with Gasteiger partial charge in [0.05, 0.1) is 0 Å². The van der Waals surface area contributed by atoms with Crippen molar-refractivity contribution in [3.05, 3.63) is 0 Å². The highest BCUT2D eigenvalue weighted by Gasteiger charge is 2.64. The minimum absolute atomic E-state index is 0.0401. The topological polar surface area (TPSA) is 49.4 Å². The van der Waals surface area contributed by atoms with E-state index >= 15 is 0 Å². The maximum Gasteiger partial charge on any atom is 0.420 e. The number of amides is 3. The Morgan fingerprint density at radius 2 is 2.00 bits per heavy atom. The van der Waals surface area contributed by atoms with Crippen LogP contribution in [-0.2, 0) is 4.79 Å². The molecule has 0 aromatic carbocycles. The van der Waals surface area contributed by atoms with Gasteiger partial charge in [-0.25, -0.2) is 4.79 Å². The molecule has 2 atom stereocenters. The van der Waals surface area contributed by atoms with E-state index in [2.05, 4.69) is 15.9 Å². The molecule has 1 saturated heterocycles. The first-order valence-electron chi connectivity index (χ1n) is 4.90. The lowest BCUT2D eigenvalue weighted by atomic mass is 10.0. The normalized spacial score (nSPS) is 27.3. The molecule has 98 valence electrons. The van der Waals surface area contributed by atoms with Crippen LogP contribution in [0.25, 0.3) is 0 Å². The van der Waals surface area contributed by atoms with Gasteiger partial charge in [-0.2, -0.15) is 13.2 Å². The summed E-state index contributed by atoms with van der Waals surface area (Å²) in [5, 5.41) is 2.19. The zero-order chi connectivity index (χ0) is 13.4. The molecule has 0 aliphatic carbocycles. The molecule has 2 unspecified atom stereocenters. The highest BCUT2D eigenvalue weighted by molar-refractivity contribution is 9.09. The van der Waals surface area contributed by atoms with E-state index in [0.717, 1.165) is 0 Å². The molecule has 0 saturated carbocycles. The van der Waals surface area contributed by atoms with Crippen LogP contribution < -0.4 is 5.32 Å². The Hall–Kier alpha value is -0.790. The molecule has 1 heterocycles. The fraction of sp³-hybridized carbons (Fsp3) is 0.778. The van der Waals surface area contributed by atoms with Gasteiger partial charge in [-0.15, -0.1) is 0 Å². The van der Waals surface area contributed by atoms with Gasteiger partial charge in [0, 0.05) is 11.9 Å². The number of nitrogens with one attached hydrogen (secondary N) is 1. The number of halogens is 4. The molecule has 0 aromatic heterocycles. The van der Waals surface area contributed by atoms with Crippen molar-refractivity contribution in [3.63, 3.8) is 0 Å². The van der Waals surface area contributed by atoms with E-state index in [9.17, 15) is 22.8 Å². The number of nitrogens with zero attached hydrogens (tertiary/aromatic N) is 1. The van der Waals surface area contributed by atoms with E-state index in [0.29, 0.717) is 17.2 Å². The molecule has 3 amide bonds. The third-order valence-corrected chi connectivity index (χ3v) is 3.70. The first kappa shape index (κ1) is 14.3. The van der Waals surface area contributed by atoms with Gasteiger partial charge in [-0.1, -0.05) is 22.9 Å². The standard InChI is InChI=1S/C9H12BrF3N2O2/c1-5(3-10)4-15-6(16)8(2,9(11,12)13)14-7(15)17/h5H,3-4H2,1-2H3,(H,14,17). The minimum atomic E-state index is -4.80. The molecule has 1 N–H and O–H groups in total. The summed E-state index contributed by atoms with van der Waals surface area (Å²) in [6.45, 7) is 2.35. The van der Waals surface area contributed by atoms with Crippen LogP contribution in [0.15, 0.2) is 0 Å². The minimum Gasteiger partial charge on any atom is -0.316 e. The molecular formula is C9H12BrF3N2O2. The van der Waals surface area contributed by atoms with E-state index < -0.39 is 23.7 Å². The van der Waals surface area contributed by atoms with Crippen molar-refractivity contribution < 1.29 is 22.8 Å². The molecule has 8 heteroatoms. The number of alkyl halides is 4. The van der Waals surface area contributed by atoms with Crippen molar-refractivity contribution >= 4 is 27.9 Å². The van der Waals surface area contributed by atoms with Crippen molar-refractivity contribution in [1.29, 1.82) is 0 Å². The number of rotatable bonds is 3. The van der Waals surface area contributed by atoms with Gasteiger partial charge in [-0.3, -0.25) is 9.69 Å². The van der Waals surface area contributed by atoms with Crippen LogP contribution in [0, 0.1) is 5.92 Å². The van der Waals surface area contributed by atoms with Crippen LogP contribution in [-0.4, -0.2) is 40.4 Å². The lowest BCUT2D eigenvalue weighted by Crippen LogP contribution is -2.56. The zero-order valence-corrected chi connectivity index (χ0v) is 10.9. The van der Waals surface area contributed by atoms with Gasteiger partial charge in [-0.05, 0) is 12.8 Å². The van der Waals surface area contributed by atoms with Gasteiger partial charge < -0.3 is 5.32 Å². The molecular weight excluding hydrogens is 305 g/mol. The second kappa shape index (κ2) is 4.47. The summed E-state index contributed by atoms with van der Waals surface area (Å²) >= 11 is 3.14. The third kappa shape index (κ3) is 2.41. The predicted octanol–water partition coefficient (Wildman–Crippen LogP) is 1.89. The quantitative estimate of drug-likeness (QED) is 0.638. The van der Waals surface area contributed by atoms with Gasteiger partial charge in [0.2, 0.25) is 5.54 Å². The van der Waals surface area contributed by atoms with Crippen molar-refractivity contribution in [2.24, 2.45) is 5.92 Å². The maximum absolute atomic E-state index is 12.7. The average molecular weight is 317 g/mol. The van der Waals surface area contributed by atoms with Gasteiger partial charge in [0.15, 0.2) is 0 Å². The van der Waals surface area contributed by atoms with E-state index in [1.807, 2.05) is 0 Å². The number of carbonyl (C=O) groups excluding carboxylic acids is 2. The average Bonchev–Trinajstić information content (AvgIpc) is 2.42. The summed E-state index contributed by atoms with van der Waals surface area (Å²) in [6.07, 6.45) is -4.80. The van der Waals surface area contributed by atoms with Crippen LogP contribution >= 0.6 is 15.9 Å². The number of urea groups is 1. The number of imide groups is 1. The Bertz CT molecular complexity index is 348. The zero-order valence-electron chi connectivity index (χ0n) is 9.27. The predicted molar refractivity (Wildman–Crippen MR) is 57.7 cm³/mol. The van der Waals surface area contributed by atoms with E-state index in [-0.39, 0.29) is 12.5 Å². The lowest BCUT2D eigenvalue weighted by molar-refractivity contribution is -0.191. The highest BCUT2D eigenvalue weighted by Crippen LogP contribution is 2.35. The second-order valence-corrected chi connectivity index (χ2v) is 4.88. The SMILES string of the molecule is CC(CBr)CN1C(=O)NC(C)(C(F)(F)F)C1=O. The maximum atomic E-state index is 12.7. The fourth-order valence-corrected chi connectivity index (χ4v) is 1.62. The molecule has 1 aliphatic rings. The van der Waals surface area contributed by atoms with Gasteiger partial charge in [0.1, 0.15) is 0 Å². The molecule has 1 aliphatic heterocycles. The monoisotopic (exact) mass is 316 g/mol. The number of hydrogen-bond acceptors (Lipinski definition) is 2. The van der Waals surface area contributed by atoms with Crippen molar-refractivity contribution in [2.45, 2.75) is 25.6 Å². The first-order valence-corrected chi connectivity index (χ1v) is 6.02. The van der Waals surface area contributed by atoms with Crippen molar-refractivity contribution in [3.8, 4) is 0 Å². The number of hydrogen-bond donors (Lipinski definition) is 1. The molecule has 1 rings (SSSR count). The summed E-state index contributed by atoms with van der Waals surface area (Å²) < 4.78 is 38.1. The Balaban J connectivity index is 2.93. The summed E-state index contributed by atoms with van der Waals surface area (Å²) in [6, 6.07) is -0.998. The largest absolute Gasteiger partial charge is 0.420 e. The molecule has 0 radical (unpaired) electrons. The van der Waals surface area contributed by atoms with Crippen LogP contribution in [0.3, 0.4) is 0 Å². The summed E-state index contributed by atoms with van der Waals surface area (Å²) in [4.78, 5) is 23.6. The van der Waals surface area contributed by atoms with Gasteiger partial charge >= 0.3 is 12.2 Å². The number of carbonyl (C=O) groups is 2. The summed E-state index contributed by atoms with van der Waals surface area (Å²) in [5.74, 6) is -1.36. The van der Waals surface area contributed by atoms with Crippen LogP contribution in [0.1, 0.15) is 13.8 Å². The highest BCUT2D eigenvalue weighted by atomic mass is 79.9. The van der Waals surface area contributed by atoms with Crippen LogP contribution in [0.5, 0.6) is 0 Å². The van der Waals surface area contributed by atoms with Crippen LogP contribution in [0.4, 0.5) is 18.0 Å². The molecule has 0 aromatic rings. The molecule has 1 fully saturated rings. The fourth-order valence-electron chi connectivity index (χ4n) is 1.42. The molecule has 0 bridgehead atoms. The molecule has 17 heavy (non-hydrogen) atoms. The molecule has 4 nitrogen and oxygen atoms in total.